The van der Waals surface area contributed by atoms with Crippen LogP contribution in [0.3, 0.4) is 0 Å². The highest BCUT2D eigenvalue weighted by molar-refractivity contribution is 7.80. The summed E-state index contributed by atoms with van der Waals surface area (Å²) in [6.07, 6.45) is 0. The number of thiocarbonyl (C=S) groups is 1. The highest BCUT2D eigenvalue weighted by Crippen LogP contribution is 2.50. The summed E-state index contributed by atoms with van der Waals surface area (Å²) in [4.78, 5) is 15.9. The van der Waals surface area contributed by atoms with Gasteiger partial charge in [-0.1, -0.05) is 53.1 Å². The molecule has 2 bridgehead atoms. The molecule has 6 heteroatoms. The third-order valence-electron chi connectivity index (χ3n) is 6.87. The van der Waals surface area contributed by atoms with Crippen LogP contribution in [0.4, 0.5) is 11.4 Å². The molecule has 34 heavy (non-hydrogen) atoms. The fraction of sp³-hybridized carbons (Fsp3) is 0.286. The second-order valence-corrected chi connectivity index (χ2v) is 9.97. The molecule has 1 saturated heterocycles. The van der Waals surface area contributed by atoms with Crippen LogP contribution in [0.5, 0.6) is 5.75 Å². The van der Waals surface area contributed by atoms with Gasteiger partial charge in [0.1, 0.15) is 11.7 Å². The van der Waals surface area contributed by atoms with Gasteiger partial charge >= 0.3 is 0 Å². The summed E-state index contributed by atoms with van der Waals surface area (Å²) < 4.78 is 6.67. The SMILES string of the molecule is Cc1ccc(N2C(=S)NC3c4cc(C)ccc4OC2(C)C3C(=O)Nc2ccc(C)cc2C)cc1. The van der Waals surface area contributed by atoms with Crippen molar-refractivity contribution in [3.05, 3.63) is 88.5 Å². The highest BCUT2D eigenvalue weighted by atomic mass is 32.1. The number of nitrogens with one attached hydrogen (secondary N) is 2. The van der Waals surface area contributed by atoms with E-state index in [0.717, 1.165) is 44.9 Å². The Morgan fingerprint density at radius 3 is 2.32 bits per heavy atom. The first-order valence-electron chi connectivity index (χ1n) is 11.5. The van der Waals surface area contributed by atoms with Crippen LogP contribution in [0, 0.1) is 33.6 Å². The first kappa shape index (κ1) is 22.4. The molecule has 2 heterocycles. The molecule has 1 amide bonds. The fourth-order valence-corrected chi connectivity index (χ4v) is 5.56. The third kappa shape index (κ3) is 3.62. The number of benzene rings is 3. The maximum atomic E-state index is 14.0. The smallest absolute Gasteiger partial charge is 0.236 e. The average molecular weight is 472 g/mol. The lowest BCUT2D eigenvalue weighted by atomic mass is 9.78. The minimum atomic E-state index is -1.02. The van der Waals surface area contributed by atoms with Crippen LogP contribution < -0.4 is 20.3 Å². The molecule has 0 aromatic heterocycles. The molecule has 5 rings (SSSR count). The van der Waals surface area contributed by atoms with Crippen molar-refractivity contribution in [2.75, 3.05) is 10.2 Å². The van der Waals surface area contributed by atoms with Crippen molar-refractivity contribution in [2.24, 2.45) is 5.92 Å². The van der Waals surface area contributed by atoms with E-state index in [1.165, 1.54) is 0 Å². The molecule has 0 aliphatic carbocycles. The number of aryl methyl sites for hydroxylation is 4. The number of hydrogen-bond acceptors (Lipinski definition) is 3. The van der Waals surface area contributed by atoms with Gasteiger partial charge in [0.05, 0.1) is 6.04 Å². The Morgan fingerprint density at radius 1 is 0.971 bits per heavy atom. The number of carbonyl (C=O) groups excluding carboxylic acids is 1. The molecule has 3 aromatic carbocycles. The quantitative estimate of drug-likeness (QED) is 0.479. The Hall–Kier alpha value is -3.38. The van der Waals surface area contributed by atoms with Crippen molar-refractivity contribution in [2.45, 2.75) is 46.4 Å². The summed E-state index contributed by atoms with van der Waals surface area (Å²) in [5.41, 5.74) is 6.04. The Balaban J connectivity index is 1.63. The Bertz CT molecular complexity index is 1300. The number of anilines is 2. The number of amides is 1. The Labute approximate surface area is 206 Å². The van der Waals surface area contributed by atoms with Gasteiger partial charge in [0.15, 0.2) is 10.8 Å². The van der Waals surface area contributed by atoms with Crippen molar-refractivity contribution < 1.29 is 9.53 Å². The van der Waals surface area contributed by atoms with Gasteiger partial charge in [-0.2, -0.15) is 0 Å². The summed E-state index contributed by atoms with van der Waals surface area (Å²) in [7, 11) is 0. The predicted octanol–water partition coefficient (Wildman–Crippen LogP) is 5.72. The zero-order chi connectivity index (χ0) is 24.2. The van der Waals surface area contributed by atoms with Gasteiger partial charge in [0, 0.05) is 16.9 Å². The van der Waals surface area contributed by atoms with E-state index in [4.69, 9.17) is 17.0 Å². The molecular weight excluding hydrogens is 442 g/mol. The van der Waals surface area contributed by atoms with Gasteiger partial charge in [0.25, 0.3) is 0 Å². The van der Waals surface area contributed by atoms with Gasteiger partial charge in [-0.3, -0.25) is 9.69 Å². The molecule has 2 N–H and O–H groups in total. The van der Waals surface area contributed by atoms with Gasteiger partial charge in [0.2, 0.25) is 5.91 Å². The van der Waals surface area contributed by atoms with Gasteiger partial charge in [-0.15, -0.1) is 0 Å². The summed E-state index contributed by atoms with van der Waals surface area (Å²) in [5, 5.41) is 7.19. The average Bonchev–Trinajstić information content (AvgIpc) is 2.77. The lowest BCUT2D eigenvalue weighted by Crippen LogP contribution is -2.72. The lowest BCUT2D eigenvalue weighted by molar-refractivity contribution is -0.130. The molecule has 3 unspecified atom stereocenters. The van der Waals surface area contributed by atoms with Crippen LogP contribution >= 0.6 is 12.2 Å². The van der Waals surface area contributed by atoms with Crippen molar-refractivity contribution in [1.82, 2.24) is 5.32 Å². The van der Waals surface area contributed by atoms with Crippen LogP contribution in [0.1, 0.15) is 40.8 Å². The zero-order valence-corrected chi connectivity index (χ0v) is 20.9. The minimum absolute atomic E-state index is 0.112. The topological polar surface area (TPSA) is 53.6 Å². The molecule has 1 fully saturated rings. The number of nitrogens with zero attached hydrogens (tertiary/aromatic N) is 1. The molecule has 0 spiro atoms. The summed E-state index contributed by atoms with van der Waals surface area (Å²) in [6, 6.07) is 19.9. The lowest BCUT2D eigenvalue weighted by Gasteiger charge is -2.56. The minimum Gasteiger partial charge on any atom is -0.467 e. The summed E-state index contributed by atoms with van der Waals surface area (Å²) in [5.74, 6) is 0.0926. The van der Waals surface area contributed by atoms with E-state index in [1.807, 2.05) is 88.0 Å². The van der Waals surface area contributed by atoms with E-state index in [0.29, 0.717) is 5.11 Å². The number of hydrogen-bond donors (Lipinski definition) is 2. The van der Waals surface area contributed by atoms with E-state index >= 15 is 0 Å². The van der Waals surface area contributed by atoms with Crippen molar-refractivity contribution in [3.63, 3.8) is 0 Å². The van der Waals surface area contributed by atoms with Gasteiger partial charge < -0.3 is 15.4 Å². The molecule has 0 radical (unpaired) electrons. The van der Waals surface area contributed by atoms with E-state index in [2.05, 4.69) is 22.8 Å². The van der Waals surface area contributed by atoms with Crippen LogP contribution in [0.25, 0.3) is 0 Å². The molecular formula is C28H29N3O2S. The van der Waals surface area contributed by atoms with Gasteiger partial charge in [-0.25, -0.2) is 0 Å². The first-order valence-corrected chi connectivity index (χ1v) is 11.9. The predicted molar refractivity (Wildman–Crippen MR) is 140 cm³/mol. The Kier molecular flexibility index (Phi) is 5.36. The second kappa shape index (κ2) is 8.13. The number of ether oxygens (including phenoxy) is 1. The van der Waals surface area contributed by atoms with Gasteiger partial charge in [-0.05, 0) is 76.7 Å². The molecule has 3 aromatic rings. The summed E-state index contributed by atoms with van der Waals surface area (Å²) in [6.45, 7) is 10.1. The molecule has 5 nitrogen and oxygen atoms in total. The third-order valence-corrected chi connectivity index (χ3v) is 7.17. The summed E-state index contributed by atoms with van der Waals surface area (Å²) >= 11 is 5.84. The maximum absolute atomic E-state index is 14.0. The fourth-order valence-electron chi connectivity index (χ4n) is 5.15. The standard InChI is InChI=1S/C28H29N3O2S/c1-16-6-10-20(11-7-16)31-27(34)30-25-21-15-18(3)9-13-23(21)33-28(31,5)24(25)26(32)29-22-12-8-17(2)14-19(22)4/h6-15,24-25H,1-5H3,(H,29,32)(H,30,34). The first-order chi connectivity index (χ1) is 16.2. The van der Waals surface area contributed by atoms with Crippen molar-refractivity contribution >= 4 is 34.6 Å². The van der Waals surface area contributed by atoms with Crippen LogP contribution in [-0.2, 0) is 4.79 Å². The maximum Gasteiger partial charge on any atom is 0.236 e. The number of carbonyl (C=O) groups is 1. The van der Waals surface area contributed by atoms with E-state index < -0.39 is 11.6 Å². The number of rotatable bonds is 3. The molecule has 0 saturated carbocycles. The normalized spacial score (nSPS) is 23.0. The monoisotopic (exact) mass is 471 g/mol. The van der Waals surface area contributed by atoms with E-state index in [1.54, 1.807) is 0 Å². The largest absolute Gasteiger partial charge is 0.467 e. The molecule has 2 aliphatic rings. The van der Waals surface area contributed by atoms with Crippen LogP contribution in [0.2, 0.25) is 0 Å². The molecule has 2 aliphatic heterocycles. The van der Waals surface area contributed by atoms with E-state index in [-0.39, 0.29) is 11.9 Å². The van der Waals surface area contributed by atoms with Crippen LogP contribution in [-0.4, -0.2) is 16.7 Å². The van der Waals surface area contributed by atoms with E-state index in [9.17, 15) is 4.79 Å². The van der Waals surface area contributed by atoms with Crippen LogP contribution in [0.15, 0.2) is 60.7 Å². The van der Waals surface area contributed by atoms with Crippen molar-refractivity contribution in [1.29, 1.82) is 0 Å². The van der Waals surface area contributed by atoms with Crippen molar-refractivity contribution in [3.8, 4) is 5.75 Å². The zero-order valence-electron chi connectivity index (χ0n) is 20.1. The highest BCUT2D eigenvalue weighted by Gasteiger charge is 2.59. The number of fused-ring (bicyclic) bond motifs is 4. The molecule has 3 atom stereocenters. The second-order valence-electron chi connectivity index (χ2n) is 9.58. The Morgan fingerprint density at radius 2 is 1.62 bits per heavy atom. The molecule has 174 valence electrons.